The zero-order valence-corrected chi connectivity index (χ0v) is 15.1. The summed E-state index contributed by atoms with van der Waals surface area (Å²) in [5.41, 5.74) is 0.924. The molecule has 0 spiro atoms. The summed E-state index contributed by atoms with van der Waals surface area (Å²) in [5, 5.41) is 16.7. The number of benzene rings is 2. The first-order chi connectivity index (χ1) is 13.5. The molecule has 3 rings (SSSR count). The lowest BCUT2D eigenvalue weighted by molar-refractivity contribution is -0.313. The van der Waals surface area contributed by atoms with Gasteiger partial charge in [-0.1, -0.05) is 25.0 Å². The van der Waals surface area contributed by atoms with E-state index in [0.717, 1.165) is 12.8 Å². The molecule has 0 bridgehead atoms. The van der Waals surface area contributed by atoms with E-state index < -0.39 is 35.4 Å². The highest BCUT2D eigenvalue weighted by atomic mass is 19.1. The number of carbonyl (C=O) groups is 3. The third kappa shape index (κ3) is 4.54. The molecule has 0 heterocycles. The maximum Gasteiger partial charge on any atom is 0.257 e. The quantitative estimate of drug-likeness (QED) is 0.829. The van der Waals surface area contributed by atoms with E-state index in [0.29, 0.717) is 18.5 Å². The zero-order valence-electron chi connectivity index (χ0n) is 15.1. The summed E-state index contributed by atoms with van der Waals surface area (Å²) < 4.78 is 13.0. The third-order valence-corrected chi connectivity index (χ3v) is 4.94. The van der Waals surface area contributed by atoms with E-state index in [1.807, 2.05) is 0 Å². The topological polar surface area (TPSA) is 98.3 Å². The maximum absolute atomic E-state index is 13.0. The summed E-state index contributed by atoms with van der Waals surface area (Å²) in [6.07, 6.45) is 2.40. The predicted octanol–water partition coefficient (Wildman–Crippen LogP) is 2.57. The number of aliphatic carboxylic acids is 1. The highest BCUT2D eigenvalue weighted by Gasteiger charge is 2.32. The number of carbonyl (C=O) groups excluding carboxylic acids is 3. The molecule has 2 aromatic carbocycles. The largest absolute Gasteiger partial charge is 0.550 e. The van der Waals surface area contributed by atoms with Gasteiger partial charge in [0, 0.05) is 23.5 Å². The van der Waals surface area contributed by atoms with Gasteiger partial charge in [0.2, 0.25) is 5.91 Å². The molecule has 2 amide bonds. The molecule has 6 nitrogen and oxygen atoms in total. The zero-order chi connectivity index (χ0) is 20.1. The fourth-order valence-electron chi connectivity index (χ4n) is 3.47. The smallest absolute Gasteiger partial charge is 0.257 e. The van der Waals surface area contributed by atoms with Gasteiger partial charge in [-0.15, -0.1) is 0 Å². The molecule has 1 aliphatic rings. The molecule has 28 heavy (non-hydrogen) atoms. The Morgan fingerprint density at radius 2 is 1.54 bits per heavy atom. The van der Waals surface area contributed by atoms with Crippen LogP contribution in [0.3, 0.4) is 0 Å². The molecule has 1 fully saturated rings. The van der Waals surface area contributed by atoms with E-state index in [9.17, 15) is 23.9 Å². The van der Waals surface area contributed by atoms with Crippen LogP contribution in [-0.2, 0) is 9.59 Å². The van der Waals surface area contributed by atoms with Crippen molar-refractivity contribution < 1.29 is 23.9 Å². The molecule has 1 aliphatic carbocycles. The fraction of sp³-hybridized carbons (Fsp3) is 0.286. The van der Waals surface area contributed by atoms with Crippen LogP contribution in [0.5, 0.6) is 0 Å². The maximum atomic E-state index is 13.0. The molecule has 2 N–H and O–H groups in total. The van der Waals surface area contributed by atoms with Crippen LogP contribution < -0.4 is 15.7 Å². The van der Waals surface area contributed by atoms with Gasteiger partial charge >= 0.3 is 0 Å². The van der Waals surface area contributed by atoms with Gasteiger partial charge < -0.3 is 20.5 Å². The van der Waals surface area contributed by atoms with Gasteiger partial charge in [0.05, 0.1) is 11.3 Å². The van der Waals surface area contributed by atoms with Crippen molar-refractivity contribution in [2.24, 2.45) is 11.8 Å². The van der Waals surface area contributed by atoms with E-state index in [1.54, 1.807) is 24.3 Å². The first kappa shape index (κ1) is 19.5. The molecule has 0 radical (unpaired) electrons. The Bertz CT molecular complexity index is 882. The van der Waals surface area contributed by atoms with Crippen LogP contribution in [-0.4, -0.2) is 17.8 Å². The van der Waals surface area contributed by atoms with Crippen LogP contribution >= 0.6 is 0 Å². The van der Waals surface area contributed by atoms with E-state index >= 15 is 0 Å². The summed E-state index contributed by atoms with van der Waals surface area (Å²) in [4.78, 5) is 36.6. The molecular weight excluding hydrogens is 363 g/mol. The van der Waals surface area contributed by atoms with Crippen LogP contribution in [0, 0.1) is 17.7 Å². The Labute approximate surface area is 161 Å². The lowest BCUT2D eigenvalue weighted by Crippen LogP contribution is -2.42. The van der Waals surface area contributed by atoms with Crippen molar-refractivity contribution >= 4 is 29.2 Å². The predicted molar refractivity (Wildman–Crippen MR) is 99.9 cm³/mol. The Morgan fingerprint density at radius 3 is 2.21 bits per heavy atom. The van der Waals surface area contributed by atoms with Gasteiger partial charge in [0.15, 0.2) is 0 Å². The number of halogens is 1. The second-order valence-electron chi connectivity index (χ2n) is 6.81. The van der Waals surface area contributed by atoms with Gasteiger partial charge in [0.25, 0.3) is 5.91 Å². The van der Waals surface area contributed by atoms with Crippen molar-refractivity contribution in [1.29, 1.82) is 0 Å². The SMILES string of the molecule is O=C(Nc1ccc(F)cc1)c1ccccc1NC(=O)[C@@H]1CCCC[C@@H]1C(=O)[O-]. The van der Waals surface area contributed by atoms with Crippen LogP contribution in [0.25, 0.3) is 0 Å². The van der Waals surface area contributed by atoms with Gasteiger partial charge in [0.1, 0.15) is 5.82 Å². The van der Waals surface area contributed by atoms with Gasteiger partial charge in [-0.2, -0.15) is 0 Å². The first-order valence-electron chi connectivity index (χ1n) is 9.13. The number of hydrogen-bond donors (Lipinski definition) is 2. The molecule has 2 atom stereocenters. The number of hydrogen-bond acceptors (Lipinski definition) is 4. The minimum atomic E-state index is -1.22. The number of para-hydroxylation sites is 1. The first-order valence-corrected chi connectivity index (χ1v) is 9.13. The number of amides is 2. The van der Waals surface area contributed by atoms with Crippen molar-refractivity contribution in [2.75, 3.05) is 10.6 Å². The summed E-state index contributed by atoms with van der Waals surface area (Å²) >= 11 is 0. The molecule has 7 heteroatoms. The van der Waals surface area contributed by atoms with E-state index in [1.165, 1.54) is 24.3 Å². The Hall–Kier alpha value is -3.22. The highest BCUT2D eigenvalue weighted by molar-refractivity contribution is 6.10. The van der Waals surface area contributed by atoms with Crippen molar-refractivity contribution in [2.45, 2.75) is 25.7 Å². The third-order valence-electron chi connectivity index (χ3n) is 4.94. The Kier molecular flexibility index (Phi) is 6.03. The second kappa shape index (κ2) is 8.65. The molecule has 2 aromatic rings. The summed E-state index contributed by atoms with van der Waals surface area (Å²) in [5.74, 6) is -4.05. The van der Waals surface area contributed by atoms with Crippen molar-refractivity contribution in [3.8, 4) is 0 Å². The molecule has 0 saturated heterocycles. The highest BCUT2D eigenvalue weighted by Crippen LogP contribution is 2.31. The van der Waals surface area contributed by atoms with E-state index in [2.05, 4.69) is 10.6 Å². The minimum absolute atomic E-state index is 0.223. The average Bonchev–Trinajstić information content (AvgIpc) is 2.70. The van der Waals surface area contributed by atoms with Crippen molar-refractivity contribution in [3.63, 3.8) is 0 Å². The average molecular weight is 383 g/mol. The molecule has 1 saturated carbocycles. The van der Waals surface area contributed by atoms with Gasteiger partial charge in [-0.25, -0.2) is 4.39 Å². The summed E-state index contributed by atoms with van der Waals surface area (Å²) in [6.45, 7) is 0. The number of carboxylic acids is 1. The molecular formula is C21H20FN2O4-. The normalized spacial score (nSPS) is 18.9. The number of nitrogens with one attached hydrogen (secondary N) is 2. The minimum Gasteiger partial charge on any atom is -0.550 e. The van der Waals surface area contributed by atoms with Crippen molar-refractivity contribution in [3.05, 3.63) is 59.9 Å². The Balaban J connectivity index is 1.76. The van der Waals surface area contributed by atoms with Gasteiger partial charge in [-0.05, 0) is 49.2 Å². The molecule has 0 aliphatic heterocycles. The van der Waals surface area contributed by atoms with Crippen LogP contribution in [0.4, 0.5) is 15.8 Å². The molecule has 0 unspecified atom stereocenters. The lowest BCUT2D eigenvalue weighted by atomic mass is 9.78. The molecule has 0 aromatic heterocycles. The van der Waals surface area contributed by atoms with E-state index in [4.69, 9.17) is 0 Å². The van der Waals surface area contributed by atoms with Crippen LogP contribution in [0.15, 0.2) is 48.5 Å². The van der Waals surface area contributed by atoms with Gasteiger partial charge in [-0.3, -0.25) is 9.59 Å². The summed E-state index contributed by atoms with van der Waals surface area (Å²) in [6, 6.07) is 11.8. The second-order valence-corrected chi connectivity index (χ2v) is 6.81. The monoisotopic (exact) mass is 383 g/mol. The summed E-state index contributed by atoms with van der Waals surface area (Å²) in [7, 11) is 0. The van der Waals surface area contributed by atoms with Crippen LogP contribution in [0.2, 0.25) is 0 Å². The number of rotatable bonds is 5. The van der Waals surface area contributed by atoms with Crippen molar-refractivity contribution in [1.82, 2.24) is 0 Å². The number of anilines is 2. The van der Waals surface area contributed by atoms with E-state index in [-0.39, 0.29) is 11.3 Å². The van der Waals surface area contributed by atoms with Crippen LogP contribution in [0.1, 0.15) is 36.0 Å². The lowest BCUT2D eigenvalue weighted by Gasteiger charge is -2.31. The Morgan fingerprint density at radius 1 is 0.893 bits per heavy atom. The fourth-order valence-corrected chi connectivity index (χ4v) is 3.47. The molecule has 146 valence electrons. The standard InChI is InChI=1S/C21H21FN2O4/c22-13-9-11-14(12-10-13)23-20(26)17-7-3-4-8-18(17)24-19(25)15-5-1-2-6-16(15)21(27)28/h3-4,7-12,15-16H,1-2,5-6H2,(H,23,26)(H,24,25)(H,27,28)/p-1/t15-,16+/m1/s1. The number of carboxylic acid groups (broad SMARTS) is 1.